The zero-order chi connectivity index (χ0) is 21.3. The maximum absolute atomic E-state index is 5.94. The van der Waals surface area contributed by atoms with Crippen LogP contribution >= 0.6 is 0 Å². The van der Waals surface area contributed by atoms with Crippen molar-refractivity contribution in [2.75, 3.05) is 5.32 Å². The van der Waals surface area contributed by atoms with Crippen LogP contribution in [0.1, 0.15) is 64.3 Å². The summed E-state index contributed by atoms with van der Waals surface area (Å²) >= 11 is 0. The van der Waals surface area contributed by atoms with Crippen molar-refractivity contribution in [3.05, 3.63) is 72.1 Å². The van der Waals surface area contributed by atoms with Crippen LogP contribution in [-0.4, -0.2) is 9.78 Å². The van der Waals surface area contributed by atoms with Gasteiger partial charge in [0.05, 0.1) is 23.6 Å². The van der Waals surface area contributed by atoms with Gasteiger partial charge in [-0.05, 0) is 55.0 Å². The third kappa shape index (κ3) is 5.88. The highest BCUT2D eigenvalue weighted by Gasteiger charge is 2.16. The maximum atomic E-state index is 5.94. The second-order valence-electron chi connectivity index (χ2n) is 8.23. The lowest BCUT2D eigenvalue weighted by molar-refractivity contribution is 0.477. The molecule has 0 fully saturated rings. The van der Waals surface area contributed by atoms with Gasteiger partial charge in [-0.25, -0.2) is 0 Å². The van der Waals surface area contributed by atoms with Crippen LogP contribution in [0.25, 0.3) is 0 Å². The number of anilines is 1. The van der Waals surface area contributed by atoms with Crippen molar-refractivity contribution in [3.63, 3.8) is 0 Å². The number of aromatic nitrogens is 2. The van der Waals surface area contributed by atoms with Gasteiger partial charge in [0.15, 0.2) is 0 Å². The highest BCUT2D eigenvalue weighted by atomic mass is 16.5. The first-order chi connectivity index (χ1) is 14.6. The Morgan fingerprint density at radius 1 is 0.933 bits per heavy atom. The molecule has 0 bridgehead atoms. The summed E-state index contributed by atoms with van der Waals surface area (Å²) in [5.74, 6) is 2.39. The topological polar surface area (TPSA) is 39.1 Å². The van der Waals surface area contributed by atoms with Gasteiger partial charge < -0.3 is 10.1 Å². The molecule has 3 rings (SSSR count). The van der Waals surface area contributed by atoms with Gasteiger partial charge in [-0.15, -0.1) is 0 Å². The average molecular weight is 406 g/mol. The molecule has 1 heterocycles. The van der Waals surface area contributed by atoms with Crippen LogP contribution in [0.4, 0.5) is 5.69 Å². The first kappa shape index (κ1) is 21.9. The summed E-state index contributed by atoms with van der Waals surface area (Å²) in [5, 5.41) is 8.43. The number of ether oxygens (including phenoxy) is 1. The van der Waals surface area contributed by atoms with E-state index in [-0.39, 0.29) is 6.04 Å². The standard InChI is InChI=1S/C26H35N3O/c1-5-10-24(28-25-19-27-29(26(25)6-2)18-17-20(3)4)21-13-15-23(16-14-21)30-22-11-8-7-9-12-22/h7-9,11-16,19-20,24,28H,5-6,10,17-18H2,1-4H3. The molecule has 0 radical (unpaired) electrons. The Labute approximate surface area is 181 Å². The quantitative estimate of drug-likeness (QED) is 0.365. The number of nitrogens with one attached hydrogen (secondary N) is 1. The molecule has 3 aromatic rings. The molecule has 4 nitrogen and oxygen atoms in total. The molecule has 1 aromatic heterocycles. The Kier molecular flexibility index (Phi) is 7.95. The number of hydrogen-bond donors (Lipinski definition) is 1. The van der Waals surface area contributed by atoms with E-state index in [4.69, 9.17) is 4.74 Å². The van der Waals surface area contributed by atoms with E-state index in [0.29, 0.717) is 5.92 Å². The lowest BCUT2D eigenvalue weighted by atomic mass is 10.0. The van der Waals surface area contributed by atoms with Gasteiger partial charge in [0.25, 0.3) is 0 Å². The Bertz CT molecular complexity index is 884. The highest BCUT2D eigenvalue weighted by molar-refractivity contribution is 5.49. The zero-order valence-electron chi connectivity index (χ0n) is 18.8. The SMILES string of the molecule is CCCC(Nc1cnn(CCC(C)C)c1CC)c1ccc(Oc2ccccc2)cc1. The molecule has 0 aliphatic heterocycles. The van der Waals surface area contributed by atoms with Gasteiger partial charge in [0, 0.05) is 6.54 Å². The summed E-state index contributed by atoms with van der Waals surface area (Å²) in [7, 11) is 0. The number of rotatable bonds is 11. The summed E-state index contributed by atoms with van der Waals surface area (Å²) < 4.78 is 8.11. The van der Waals surface area contributed by atoms with Crippen LogP contribution in [0.15, 0.2) is 60.8 Å². The zero-order valence-corrected chi connectivity index (χ0v) is 18.8. The second kappa shape index (κ2) is 10.9. The molecule has 0 saturated carbocycles. The first-order valence-electron chi connectivity index (χ1n) is 11.2. The summed E-state index contributed by atoms with van der Waals surface area (Å²) in [6.45, 7) is 9.94. The van der Waals surface area contributed by atoms with E-state index in [9.17, 15) is 0 Å². The molecule has 0 saturated heterocycles. The van der Waals surface area contributed by atoms with Crippen molar-refractivity contribution in [2.45, 2.75) is 66.0 Å². The van der Waals surface area contributed by atoms with Gasteiger partial charge in [-0.1, -0.05) is 64.4 Å². The van der Waals surface area contributed by atoms with Crippen LogP contribution in [0.5, 0.6) is 11.5 Å². The Balaban J connectivity index is 1.73. The molecule has 0 spiro atoms. The fourth-order valence-electron chi connectivity index (χ4n) is 3.67. The lowest BCUT2D eigenvalue weighted by Crippen LogP contribution is -2.13. The largest absolute Gasteiger partial charge is 0.457 e. The van der Waals surface area contributed by atoms with Gasteiger partial charge in [-0.2, -0.15) is 5.10 Å². The first-order valence-corrected chi connectivity index (χ1v) is 11.2. The van der Waals surface area contributed by atoms with E-state index in [1.807, 2.05) is 36.5 Å². The van der Waals surface area contributed by atoms with E-state index in [1.165, 1.54) is 11.3 Å². The molecule has 0 aliphatic carbocycles. The minimum absolute atomic E-state index is 0.258. The van der Waals surface area contributed by atoms with Crippen LogP contribution in [0, 0.1) is 5.92 Å². The molecule has 160 valence electrons. The summed E-state index contributed by atoms with van der Waals surface area (Å²) in [6.07, 6.45) is 6.30. The normalized spacial score (nSPS) is 12.2. The van der Waals surface area contributed by atoms with Crippen LogP contribution in [0.2, 0.25) is 0 Å². The predicted octanol–water partition coefficient (Wildman–Crippen LogP) is 7.24. The minimum Gasteiger partial charge on any atom is -0.457 e. The molecular weight excluding hydrogens is 370 g/mol. The Hall–Kier alpha value is -2.75. The van der Waals surface area contributed by atoms with E-state index < -0.39 is 0 Å². The molecule has 4 heteroatoms. The third-order valence-electron chi connectivity index (χ3n) is 5.37. The number of benzene rings is 2. The molecule has 0 aliphatic rings. The molecule has 1 N–H and O–H groups in total. The van der Waals surface area contributed by atoms with Gasteiger partial charge in [0.2, 0.25) is 0 Å². The van der Waals surface area contributed by atoms with E-state index in [2.05, 4.69) is 67.1 Å². The van der Waals surface area contributed by atoms with Crippen molar-refractivity contribution in [1.29, 1.82) is 0 Å². The molecule has 2 aromatic carbocycles. The monoisotopic (exact) mass is 405 g/mol. The van der Waals surface area contributed by atoms with E-state index in [0.717, 1.165) is 49.4 Å². The third-order valence-corrected chi connectivity index (χ3v) is 5.37. The predicted molar refractivity (Wildman–Crippen MR) is 125 cm³/mol. The molecular formula is C26H35N3O. The molecule has 30 heavy (non-hydrogen) atoms. The van der Waals surface area contributed by atoms with Crippen LogP contribution in [0.3, 0.4) is 0 Å². The van der Waals surface area contributed by atoms with E-state index >= 15 is 0 Å². The smallest absolute Gasteiger partial charge is 0.127 e. The maximum Gasteiger partial charge on any atom is 0.127 e. The second-order valence-corrected chi connectivity index (χ2v) is 8.23. The van der Waals surface area contributed by atoms with Crippen molar-refractivity contribution in [3.8, 4) is 11.5 Å². The van der Waals surface area contributed by atoms with E-state index in [1.54, 1.807) is 0 Å². The number of hydrogen-bond acceptors (Lipinski definition) is 3. The number of aryl methyl sites for hydroxylation is 1. The van der Waals surface area contributed by atoms with Crippen molar-refractivity contribution < 1.29 is 4.74 Å². The average Bonchev–Trinajstić information content (AvgIpc) is 3.15. The Morgan fingerprint density at radius 3 is 2.27 bits per heavy atom. The van der Waals surface area contributed by atoms with Gasteiger partial charge >= 0.3 is 0 Å². The van der Waals surface area contributed by atoms with Gasteiger partial charge in [-0.3, -0.25) is 4.68 Å². The summed E-state index contributed by atoms with van der Waals surface area (Å²) in [6, 6.07) is 18.6. The molecule has 1 atom stereocenters. The molecule has 0 amide bonds. The van der Waals surface area contributed by atoms with Crippen molar-refractivity contribution in [2.24, 2.45) is 5.92 Å². The highest BCUT2D eigenvalue weighted by Crippen LogP contribution is 2.29. The fourth-order valence-corrected chi connectivity index (χ4v) is 3.67. The van der Waals surface area contributed by atoms with Crippen molar-refractivity contribution >= 4 is 5.69 Å². The number of nitrogens with zero attached hydrogens (tertiary/aromatic N) is 2. The minimum atomic E-state index is 0.258. The van der Waals surface area contributed by atoms with Crippen molar-refractivity contribution in [1.82, 2.24) is 9.78 Å². The lowest BCUT2D eigenvalue weighted by Gasteiger charge is -2.20. The van der Waals surface area contributed by atoms with Crippen LogP contribution in [-0.2, 0) is 13.0 Å². The fraction of sp³-hybridized carbons (Fsp3) is 0.423. The molecule has 1 unspecified atom stereocenters. The van der Waals surface area contributed by atoms with Crippen LogP contribution < -0.4 is 10.1 Å². The van der Waals surface area contributed by atoms with Gasteiger partial charge in [0.1, 0.15) is 11.5 Å². The summed E-state index contributed by atoms with van der Waals surface area (Å²) in [5.41, 5.74) is 3.72. The summed E-state index contributed by atoms with van der Waals surface area (Å²) in [4.78, 5) is 0. The number of para-hydroxylation sites is 1. The Morgan fingerprint density at radius 2 is 1.63 bits per heavy atom.